The molecule has 0 saturated heterocycles. The maximum absolute atomic E-state index is 5.42. The van der Waals surface area contributed by atoms with Gasteiger partial charge in [-0.3, -0.25) is 5.32 Å². The molecule has 0 amide bonds. The van der Waals surface area contributed by atoms with Gasteiger partial charge >= 0.3 is 0 Å². The first-order valence-corrected chi connectivity index (χ1v) is 21.4. The van der Waals surface area contributed by atoms with E-state index in [0.29, 0.717) is 0 Å². The van der Waals surface area contributed by atoms with Gasteiger partial charge in [0.05, 0.1) is 16.8 Å². The number of rotatable bonds is 6. The quantitative estimate of drug-likeness (QED) is 0.176. The van der Waals surface area contributed by atoms with Crippen LogP contribution >= 0.6 is 0 Å². The van der Waals surface area contributed by atoms with Gasteiger partial charge in [0, 0.05) is 11.3 Å². The Morgan fingerprint density at radius 2 is 0.903 bits per heavy atom. The van der Waals surface area contributed by atoms with Crippen molar-refractivity contribution in [3.8, 4) is 33.4 Å². The third-order valence-electron chi connectivity index (χ3n) is 13.0. The summed E-state index contributed by atoms with van der Waals surface area (Å²) in [6.45, 7) is 0. The zero-order valence-electron chi connectivity index (χ0n) is 34.0. The molecule has 0 saturated carbocycles. The van der Waals surface area contributed by atoms with E-state index in [1.54, 1.807) is 0 Å². The van der Waals surface area contributed by atoms with Gasteiger partial charge in [0.1, 0.15) is 18.2 Å². The molecule has 9 aromatic rings. The summed E-state index contributed by atoms with van der Waals surface area (Å²) in [7, 11) is 0. The molecule has 62 heavy (non-hydrogen) atoms. The number of nitrogens with one attached hydrogen (secondary N) is 2. The second-order valence-corrected chi connectivity index (χ2v) is 16.3. The van der Waals surface area contributed by atoms with Crippen LogP contribution in [0.25, 0.3) is 33.4 Å². The second kappa shape index (κ2) is 14.7. The van der Waals surface area contributed by atoms with Crippen LogP contribution in [0.15, 0.2) is 236 Å². The number of anilines is 3. The molecule has 0 aromatic heterocycles. The van der Waals surface area contributed by atoms with E-state index in [0.717, 1.165) is 39.3 Å². The lowest BCUT2D eigenvalue weighted by atomic mass is 9.64. The minimum Gasteiger partial charge on any atom is -0.350 e. The smallest absolute Gasteiger partial charge is 0.132 e. The first kappa shape index (κ1) is 36.1. The standard InChI is InChI=1S/C58H42N4/c1-4-18-39(19-5-1)40-32-34-42(35-33-40)56-59-55(41-20-6-2-7-21-41)60-57(61-56)48-26-11-10-24-45(48)43-36-37-47-46-25-12-13-27-49(46)58(52(47)38-43)50-28-14-16-30-53(50)62(44-22-8-3-9-23-44)54-31-17-15-29-51(54)58/h1-38,55-56,59H,(H,60,61). The van der Waals surface area contributed by atoms with Gasteiger partial charge in [0.25, 0.3) is 0 Å². The molecule has 294 valence electrons. The lowest BCUT2D eigenvalue weighted by molar-refractivity contribution is 0.409. The van der Waals surface area contributed by atoms with Crippen molar-refractivity contribution in [1.82, 2.24) is 10.6 Å². The minimum absolute atomic E-state index is 0.175. The van der Waals surface area contributed by atoms with Crippen LogP contribution in [0.2, 0.25) is 0 Å². The monoisotopic (exact) mass is 794 g/mol. The van der Waals surface area contributed by atoms with Crippen molar-refractivity contribution in [2.75, 3.05) is 4.90 Å². The van der Waals surface area contributed by atoms with E-state index in [1.807, 2.05) is 0 Å². The van der Waals surface area contributed by atoms with Crippen LogP contribution in [0, 0.1) is 0 Å². The van der Waals surface area contributed by atoms with E-state index < -0.39 is 5.41 Å². The van der Waals surface area contributed by atoms with Crippen molar-refractivity contribution in [3.05, 3.63) is 269 Å². The molecule has 2 N–H and O–H groups in total. The number of aliphatic imine (C=N–C) groups is 1. The fourth-order valence-electron chi connectivity index (χ4n) is 10.2. The van der Waals surface area contributed by atoms with Gasteiger partial charge in [-0.2, -0.15) is 0 Å². The molecule has 0 bridgehead atoms. The molecule has 4 heteroatoms. The highest BCUT2D eigenvalue weighted by atomic mass is 15.3. The Hall–Kier alpha value is -7.79. The Balaban J connectivity index is 1.01. The van der Waals surface area contributed by atoms with E-state index in [2.05, 4.69) is 246 Å². The molecular formula is C58H42N4. The summed E-state index contributed by atoms with van der Waals surface area (Å²) in [6.07, 6.45) is -0.425. The number of nitrogens with zero attached hydrogens (tertiary/aromatic N) is 2. The van der Waals surface area contributed by atoms with Crippen LogP contribution in [-0.2, 0) is 5.41 Å². The SMILES string of the molecule is c1ccc(-c2ccc(C3NC(c4ccccc4-c4ccc5c(c4)C4(c6ccccc6-5)c5ccccc5N(c5ccccc5)c5ccccc54)=NC(c4ccccc4)N3)cc2)cc1. The van der Waals surface area contributed by atoms with E-state index >= 15 is 0 Å². The number of amidine groups is 1. The van der Waals surface area contributed by atoms with Crippen molar-refractivity contribution in [2.24, 2.45) is 4.99 Å². The van der Waals surface area contributed by atoms with Crippen LogP contribution in [0.1, 0.15) is 51.3 Å². The number of para-hydroxylation sites is 3. The largest absolute Gasteiger partial charge is 0.350 e. The first-order chi connectivity index (χ1) is 30.8. The average molecular weight is 795 g/mol. The molecule has 2 unspecified atom stereocenters. The van der Waals surface area contributed by atoms with Gasteiger partial charge in [0.2, 0.25) is 0 Å². The molecule has 2 aliphatic heterocycles. The van der Waals surface area contributed by atoms with Crippen LogP contribution in [0.4, 0.5) is 17.1 Å². The molecule has 4 nitrogen and oxygen atoms in total. The van der Waals surface area contributed by atoms with Gasteiger partial charge in [-0.15, -0.1) is 0 Å². The lowest BCUT2D eigenvalue weighted by Crippen LogP contribution is -2.45. The summed E-state index contributed by atoms with van der Waals surface area (Å²) in [6, 6.07) is 83.6. The van der Waals surface area contributed by atoms with Crippen molar-refractivity contribution >= 4 is 22.9 Å². The molecule has 3 aliphatic rings. The molecule has 1 aliphatic carbocycles. The number of benzene rings is 9. The predicted molar refractivity (Wildman–Crippen MR) is 254 cm³/mol. The van der Waals surface area contributed by atoms with E-state index in [9.17, 15) is 0 Å². The Morgan fingerprint density at radius 1 is 0.387 bits per heavy atom. The Labute approximate surface area is 362 Å². The van der Waals surface area contributed by atoms with Crippen LogP contribution in [-0.4, -0.2) is 5.84 Å². The van der Waals surface area contributed by atoms with Crippen LogP contribution < -0.4 is 15.5 Å². The van der Waals surface area contributed by atoms with Crippen LogP contribution in [0.3, 0.4) is 0 Å². The minimum atomic E-state index is -0.546. The topological polar surface area (TPSA) is 39.7 Å². The Morgan fingerprint density at radius 3 is 1.60 bits per heavy atom. The van der Waals surface area contributed by atoms with Crippen LogP contribution in [0.5, 0.6) is 0 Å². The Kier molecular flexibility index (Phi) is 8.58. The van der Waals surface area contributed by atoms with Gasteiger partial charge in [0.15, 0.2) is 0 Å². The summed E-state index contributed by atoms with van der Waals surface area (Å²) in [5, 5.41) is 7.68. The summed E-state index contributed by atoms with van der Waals surface area (Å²) in [5.74, 6) is 0.857. The predicted octanol–water partition coefficient (Wildman–Crippen LogP) is 13.5. The molecule has 1 spiro atoms. The summed E-state index contributed by atoms with van der Waals surface area (Å²) >= 11 is 0. The number of hydrogen-bond donors (Lipinski definition) is 2. The molecule has 0 radical (unpaired) electrons. The van der Waals surface area contributed by atoms with Crippen molar-refractivity contribution in [1.29, 1.82) is 0 Å². The maximum atomic E-state index is 5.42. The van der Waals surface area contributed by atoms with Crippen molar-refractivity contribution in [3.63, 3.8) is 0 Å². The summed E-state index contributed by atoms with van der Waals surface area (Å²) < 4.78 is 0. The molecule has 9 aromatic carbocycles. The Bertz CT molecular complexity index is 3090. The molecule has 0 fully saturated rings. The molecule has 12 rings (SSSR count). The summed E-state index contributed by atoms with van der Waals surface area (Å²) in [5.41, 5.74) is 18.7. The van der Waals surface area contributed by atoms with Crippen molar-refractivity contribution < 1.29 is 0 Å². The van der Waals surface area contributed by atoms with Gasteiger partial charge in [-0.05, 0) is 97.1 Å². The normalized spacial score (nSPS) is 16.6. The number of fused-ring (bicyclic) bond motifs is 9. The highest BCUT2D eigenvalue weighted by molar-refractivity contribution is 6.06. The van der Waals surface area contributed by atoms with E-state index in [1.165, 1.54) is 55.9 Å². The highest BCUT2D eigenvalue weighted by Gasteiger charge is 2.51. The fourth-order valence-corrected chi connectivity index (χ4v) is 10.2. The molecule has 2 atom stereocenters. The third kappa shape index (κ3) is 5.68. The van der Waals surface area contributed by atoms with E-state index in [4.69, 9.17) is 4.99 Å². The fraction of sp³-hybridized carbons (Fsp3) is 0.0517. The first-order valence-electron chi connectivity index (χ1n) is 21.4. The zero-order valence-corrected chi connectivity index (χ0v) is 34.0. The average Bonchev–Trinajstić information content (AvgIpc) is 3.65. The highest BCUT2D eigenvalue weighted by Crippen LogP contribution is 2.63. The zero-order chi connectivity index (χ0) is 41.0. The lowest BCUT2D eigenvalue weighted by Gasteiger charge is -2.45. The maximum Gasteiger partial charge on any atom is 0.132 e. The van der Waals surface area contributed by atoms with Crippen molar-refractivity contribution in [2.45, 2.75) is 17.7 Å². The third-order valence-corrected chi connectivity index (χ3v) is 13.0. The number of hydrogen-bond acceptors (Lipinski definition) is 4. The van der Waals surface area contributed by atoms with Gasteiger partial charge in [-0.25, -0.2) is 4.99 Å². The van der Waals surface area contributed by atoms with Gasteiger partial charge < -0.3 is 10.2 Å². The van der Waals surface area contributed by atoms with E-state index in [-0.39, 0.29) is 12.3 Å². The van der Waals surface area contributed by atoms with Gasteiger partial charge in [-0.1, -0.05) is 200 Å². The molecule has 2 heterocycles. The molecular weight excluding hydrogens is 753 g/mol. The summed E-state index contributed by atoms with van der Waals surface area (Å²) in [4.78, 5) is 7.86. The second-order valence-electron chi connectivity index (χ2n) is 16.3.